The molecule has 0 atom stereocenters. The van der Waals surface area contributed by atoms with Gasteiger partial charge in [0.1, 0.15) is 0 Å². The number of hydrogen-bond donors (Lipinski definition) is 0. The summed E-state index contributed by atoms with van der Waals surface area (Å²) in [5.41, 5.74) is 2.96. The van der Waals surface area contributed by atoms with Crippen LogP contribution in [0.3, 0.4) is 0 Å². The Morgan fingerprint density at radius 1 is 0.333 bits per heavy atom. The monoisotopic (exact) mass is 665 g/mol. The van der Waals surface area contributed by atoms with Gasteiger partial charge in [0.05, 0.1) is 0 Å². The average Bonchev–Trinajstić information content (AvgIpc) is 3.60. The maximum atomic E-state index is 5.42. The fourth-order valence-corrected chi connectivity index (χ4v) is 9.25. The maximum Gasteiger partial charge on any atom is 0.164 e. The summed E-state index contributed by atoms with van der Waals surface area (Å²) in [6.45, 7) is 0. The van der Waals surface area contributed by atoms with Gasteiger partial charge in [-0.1, -0.05) is 146 Å². The summed E-state index contributed by atoms with van der Waals surface area (Å²) in [5, 5.41) is 14.5. The molecule has 0 fully saturated rings. The first kappa shape index (κ1) is 28.4. The second-order valence-corrected chi connectivity index (χ2v) is 14.2. The van der Waals surface area contributed by atoms with Crippen LogP contribution in [0.4, 0.5) is 0 Å². The van der Waals surface area contributed by atoms with Crippen molar-refractivity contribution in [3.8, 4) is 34.2 Å². The second-order valence-electron chi connectivity index (χ2n) is 13.1. The summed E-state index contributed by atoms with van der Waals surface area (Å²) in [6, 6.07) is 58.4. The minimum Gasteiger partial charge on any atom is -0.208 e. The lowest BCUT2D eigenvalue weighted by molar-refractivity contribution is 1.08. The van der Waals surface area contributed by atoms with Crippen LogP contribution in [0, 0.1) is 0 Å². The Labute approximate surface area is 297 Å². The first-order chi connectivity index (χ1) is 25.3. The first-order valence-corrected chi connectivity index (χ1v) is 18.0. The number of thiophene rings is 1. The molecule has 0 unspecified atom stereocenters. The van der Waals surface area contributed by atoms with Crippen LogP contribution in [0.1, 0.15) is 0 Å². The molecule has 0 saturated carbocycles. The smallest absolute Gasteiger partial charge is 0.164 e. The quantitative estimate of drug-likeness (QED) is 0.176. The lowest BCUT2D eigenvalue weighted by Crippen LogP contribution is -2.01. The van der Waals surface area contributed by atoms with Gasteiger partial charge in [-0.05, 0) is 66.7 Å². The molecule has 0 spiro atoms. The van der Waals surface area contributed by atoms with Gasteiger partial charge in [0, 0.05) is 42.2 Å². The molecular weight excluding hydrogens is 639 g/mol. The molecule has 0 N–H and O–H groups in total. The molecule has 4 heteroatoms. The first-order valence-electron chi connectivity index (χ1n) is 17.2. The molecule has 0 aliphatic rings. The Hall–Kier alpha value is -6.49. The van der Waals surface area contributed by atoms with E-state index in [1.165, 1.54) is 63.3 Å². The van der Waals surface area contributed by atoms with Gasteiger partial charge in [-0.3, -0.25) is 0 Å². The minimum absolute atomic E-state index is 0.656. The second kappa shape index (κ2) is 11.0. The number of aromatic nitrogens is 3. The van der Waals surface area contributed by atoms with Crippen molar-refractivity contribution < 1.29 is 0 Å². The van der Waals surface area contributed by atoms with Gasteiger partial charge >= 0.3 is 0 Å². The third-order valence-corrected chi connectivity index (χ3v) is 11.4. The molecule has 0 aliphatic heterocycles. The summed E-state index contributed by atoms with van der Waals surface area (Å²) >= 11 is 1.86. The molecule has 9 aromatic carbocycles. The molecule has 3 nitrogen and oxygen atoms in total. The Bertz CT molecular complexity index is 3200. The van der Waals surface area contributed by atoms with Crippen LogP contribution in [0.15, 0.2) is 164 Å². The van der Waals surface area contributed by atoms with Crippen molar-refractivity contribution >= 4 is 85.4 Å². The van der Waals surface area contributed by atoms with Crippen LogP contribution in [-0.2, 0) is 0 Å². The van der Waals surface area contributed by atoms with Crippen molar-refractivity contribution in [2.24, 2.45) is 0 Å². The van der Waals surface area contributed by atoms with Gasteiger partial charge in [-0.2, -0.15) is 0 Å². The van der Waals surface area contributed by atoms with Crippen molar-refractivity contribution in [1.82, 2.24) is 15.0 Å². The Kier molecular flexibility index (Phi) is 6.12. The number of hydrogen-bond acceptors (Lipinski definition) is 4. The summed E-state index contributed by atoms with van der Waals surface area (Å²) in [7, 11) is 0. The van der Waals surface area contributed by atoms with Gasteiger partial charge in [-0.25, -0.2) is 15.0 Å². The van der Waals surface area contributed by atoms with Crippen molar-refractivity contribution in [2.45, 2.75) is 0 Å². The van der Waals surface area contributed by atoms with Crippen LogP contribution < -0.4 is 0 Å². The highest BCUT2D eigenvalue weighted by molar-refractivity contribution is 7.27. The third kappa shape index (κ3) is 4.33. The van der Waals surface area contributed by atoms with E-state index in [0.717, 1.165) is 27.5 Å². The van der Waals surface area contributed by atoms with Gasteiger partial charge < -0.3 is 0 Å². The largest absolute Gasteiger partial charge is 0.208 e. The van der Waals surface area contributed by atoms with E-state index in [9.17, 15) is 0 Å². The Morgan fingerprint density at radius 3 is 1.63 bits per heavy atom. The van der Waals surface area contributed by atoms with E-state index in [2.05, 4.69) is 146 Å². The van der Waals surface area contributed by atoms with Crippen molar-refractivity contribution in [1.29, 1.82) is 0 Å². The molecule has 236 valence electrons. The maximum absolute atomic E-state index is 5.42. The zero-order valence-electron chi connectivity index (χ0n) is 27.3. The molecule has 0 bridgehead atoms. The fraction of sp³-hybridized carbons (Fsp3) is 0. The normalized spacial score (nSPS) is 11.9. The van der Waals surface area contributed by atoms with Crippen LogP contribution in [0.5, 0.6) is 0 Å². The van der Waals surface area contributed by atoms with E-state index in [0.29, 0.717) is 17.5 Å². The van der Waals surface area contributed by atoms with Crippen LogP contribution in [0.25, 0.3) is 108 Å². The molecule has 0 saturated heterocycles. The highest BCUT2D eigenvalue weighted by Crippen LogP contribution is 2.48. The number of nitrogens with zero attached hydrogens (tertiary/aromatic N) is 3. The Morgan fingerprint density at radius 2 is 0.863 bits per heavy atom. The van der Waals surface area contributed by atoms with E-state index in [4.69, 9.17) is 15.0 Å². The molecule has 2 heterocycles. The molecule has 11 rings (SSSR count). The van der Waals surface area contributed by atoms with E-state index in [-0.39, 0.29) is 0 Å². The molecule has 11 aromatic rings. The minimum atomic E-state index is 0.656. The fourth-order valence-electron chi connectivity index (χ4n) is 7.94. The van der Waals surface area contributed by atoms with Gasteiger partial charge in [-0.15, -0.1) is 11.3 Å². The molecule has 51 heavy (non-hydrogen) atoms. The summed E-state index contributed by atoms with van der Waals surface area (Å²) < 4.78 is 2.51. The summed E-state index contributed by atoms with van der Waals surface area (Å²) in [6.07, 6.45) is 0. The SMILES string of the molecule is c1ccc(-c2nc(-c3cc4ccccc4c4ccccc34)nc(-c3cc4ccc5ccccc5c4c4sc5ccc6ccccc6c5c34)n2)cc1. The lowest BCUT2D eigenvalue weighted by atomic mass is 9.94. The zero-order chi connectivity index (χ0) is 33.5. The van der Waals surface area contributed by atoms with Crippen LogP contribution >= 0.6 is 11.3 Å². The van der Waals surface area contributed by atoms with Crippen LogP contribution in [-0.4, -0.2) is 15.0 Å². The van der Waals surface area contributed by atoms with Crippen molar-refractivity contribution in [2.75, 3.05) is 0 Å². The standard InChI is InChI=1S/C47H27N3S/c1-2-14-30(15-3-1)45-48-46(38-26-31-16-6-7-17-33(31)36-20-10-11-21-37(36)38)50-47(49-45)39-27-32-23-22-28-12-4-8-18-34(28)41(32)44-43(39)42-35-19-9-5-13-29(35)24-25-40(42)51-44/h1-27H. The molecule has 0 amide bonds. The topological polar surface area (TPSA) is 38.7 Å². The predicted octanol–water partition coefficient (Wildman–Crippen LogP) is 13.0. The van der Waals surface area contributed by atoms with Gasteiger partial charge in [0.15, 0.2) is 17.5 Å². The molecule has 2 aromatic heterocycles. The summed E-state index contributed by atoms with van der Waals surface area (Å²) in [4.78, 5) is 16.0. The molecular formula is C47H27N3S. The van der Waals surface area contributed by atoms with Crippen LogP contribution in [0.2, 0.25) is 0 Å². The lowest BCUT2D eigenvalue weighted by Gasteiger charge is -2.14. The van der Waals surface area contributed by atoms with Crippen molar-refractivity contribution in [3.05, 3.63) is 164 Å². The number of benzene rings is 9. The highest BCUT2D eigenvalue weighted by atomic mass is 32.1. The number of fused-ring (bicyclic) bond motifs is 12. The van der Waals surface area contributed by atoms with E-state index in [1.807, 2.05) is 29.5 Å². The van der Waals surface area contributed by atoms with E-state index >= 15 is 0 Å². The van der Waals surface area contributed by atoms with Gasteiger partial charge in [0.25, 0.3) is 0 Å². The zero-order valence-corrected chi connectivity index (χ0v) is 28.2. The highest BCUT2D eigenvalue weighted by Gasteiger charge is 2.22. The third-order valence-electron chi connectivity index (χ3n) is 10.3. The van der Waals surface area contributed by atoms with E-state index < -0.39 is 0 Å². The van der Waals surface area contributed by atoms with E-state index in [1.54, 1.807) is 0 Å². The Balaban J connectivity index is 1.31. The predicted molar refractivity (Wildman–Crippen MR) is 217 cm³/mol. The average molecular weight is 666 g/mol. The number of rotatable bonds is 3. The van der Waals surface area contributed by atoms with Gasteiger partial charge in [0.2, 0.25) is 0 Å². The molecule has 0 radical (unpaired) electrons. The summed E-state index contributed by atoms with van der Waals surface area (Å²) in [5.74, 6) is 1.99. The van der Waals surface area contributed by atoms with Crippen molar-refractivity contribution in [3.63, 3.8) is 0 Å². The molecule has 0 aliphatic carbocycles.